The van der Waals surface area contributed by atoms with Gasteiger partial charge in [0.2, 0.25) is 0 Å². The highest BCUT2D eigenvalue weighted by molar-refractivity contribution is 7.79. The molecule has 2 aromatic carbocycles. The molecule has 2 aromatic rings. The van der Waals surface area contributed by atoms with Crippen LogP contribution in [-0.2, 0) is 23.6 Å². The summed E-state index contributed by atoms with van der Waals surface area (Å²) >= 11 is 4.38. The van der Waals surface area contributed by atoms with Gasteiger partial charge in [0.1, 0.15) is 18.1 Å². The van der Waals surface area contributed by atoms with Crippen molar-refractivity contribution < 1.29 is 14.3 Å². The zero-order valence-electron chi connectivity index (χ0n) is 14.5. The highest BCUT2D eigenvalue weighted by Crippen LogP contribution is 2.28. The van der Waals surface area contributed by atoms with Gasteiger partial charge in [-0.2, -0.15) is 12.6 Å². The molecule has 0 aliphatic rings. The number of hydrogen-bond acceptors (Lipinski definition) is 4. The van der Waals surface area contributed by atoms with E-state index in [2.05, 4.69) is 32.5 Å². The van der Waals surface area contributed by atoms with Gasteiger partial charge in [-0.1, -0.05) is 43.7 Å². The summed E-state index contributed by atoms with van der Waals surface area (Å²) in [5, 5.41) is 0. The summed E-state index contributed by atoms with van der Waals surface area (Å²) in [5.74, 6) is 1.73. The number of aryl methyl sites for hydroxylation is 2. The average molecular weight is 344 g/mol. The Kier molecular flexibility index (Phi) is 6.73. The van der Waals surface area contributed by atoms with Crippen molar-refractivity contribution in [1.29, 1.82) is 0 Å². The maximum atomic E-state index is 11.7. The average Bonchev–Trinajstić information content (AvgIpc) is 2.60. The molecule has 3 nitrogen and oxygen atoms in total. The number of carbonyl (C=O) groups is 1. The van der Waals surface area contributed by atoms with Gasteiger partial charge in [-0.05, 0) is 36.6 Å². The third kappa shape index (κ3) is 4.54. The van der Waals surface area contributed by atoms with Crippen molar-refractivity contribution in [2.75, 3.05) is 0 Å². The van der Waals surface area contributed by atoms with Gasteiger partial charge < -0.3 is 9.47 Å². The van der Waals surface area contributed by atoms with Gasteiger partial charge in [-0.15, -0.1) is 0 Å². The van der Waals surface area contributed by atoms with Crippen LogP contribution in [0.15, 0.2) is 36.4 Å². The van der Waals surface area contributed by atoms with Crippen molar-refractivity contribution in [2.45, 2.75) is 46.0 Å². The molecule has 0 fully saturated rings. The van der Waals surface area contributed by atoms with Crippen LogP contribution < -0.4 is 9.47 Å². The lowest BCUT2D eigenvalue weighted by molar-refractivity contribution is -0.134. The molecule has 0 aliphatic carbocycles. The molecule has 0 heterocycles. The zero-order chi connectivity index (χ0) is 17.5. The van der Waals surface area contributed by atoms with E-state index >= 15 is 0 Å². The quantitative estimate of drug-likeness (QED) is 0.442. The van der Waals surface area contributed by atoms with Gasteiger partial charge in [0.05, 0.1) is 0 Å². The van der Waals surface area contributed by atoms with Gasteiger partial charge in [-0.3, -0.25) is 4.79 Å². The molecular weight excluding hydrogens is 320 g/mol. The Morgan fingerprint density at radius 3 is 2.54 bits per heavy atom. The first-order valence-electron chi connectivity index (χ1n) is 8.23. The Balaban J connectivity index is 2.26. The Labute approximate surface area is 149 Å². The van der Waals surface area contributed by atoms with Crippen LogP contribution in [0.5, 0.6) is 11.5 Å². The van der Waals surface area contributed by atoms with E-state index in [1.807, 2.05) is 24.3 Å². The minimum atomic E-state index is -0.253. The molecule has 24 heavy (non-hydrogen) atoms. The molecule has 0 N–H and O–H groups in total. The van der Waals surface area contributed by atoms with E-state index in [-0.39, 0.29) is 5.97 Å². The molecule has 0 unspecified atom stereocenters. The molecule has 0 atom stereocenters. The predicted octanol–water partition coefficient (Wildman–Crippen LogP) is 4.88. The lowest BCUT2D eigenvalue weighted by Gasteiger charge is -2.16. The first kappa shape index (κ1) is 18.4. The van der Waals surface area contributed by atoms with E-state index in [0.717, 1.165) is 23.3 Å². The number of carbonyl (C=O) groups excluding carboxylic acids is 1. The minimum absolute atomic E-state index is 0.253. The number of thiol groups is 1. The Morgan fingerprint density at radius 1 is 1.08 bits per heavy atom. The molecular formula is C20H24O3S. The van der Waals surface area contributed by atoms with Gasteiger partial charge in [0, 0.05) is 17.7 Å². The van der Waals surface area contributed by atoms with E-state index in [4.69, 9.17) is 9.47 Å². The van der Waals surface area contributed by atoms with Crippen LogP contribution in [0.4, 0.5) is 0 Å². The first-order valence-corrected chi connectivity index (χ1v) is 8.86. The molecule has 4 heteroatoms. The molecule has 0 bridgehead atoms. The van der Waals surface area contributed by atoms with Crippen LogP contribution >= 0.6 is 12.6 Å². The molecule has 2 rings (SSSR count). The van der Waals surface area contributed by atoms with Crippen LogP contribution in [0.1, 0.15) is 42.5 Å². The van der Waals surface area contributed by atoms with Crippen LogP contribution in [0.2, 0.25) is 0 Å². The Bertz CT molecular complexity index is 710. The topological polar surface area (TPSA) is 35.5 Å². The molecule has 0 aliphatic heterocycles. The van der Waals surface area contributed by atoms with E-state index in [1.165, 1.54) is 11.1 Å². The van der Waals surface area contributed by atoms with Gasteiger partial charge >= 0.3 is 5.97 Å². The highest BCUT2D eigenvalue weighted by Gasteiger charge is 2.13. The van der Waals surface area contributed by atoms with E-state index in [9.17, 15) is 4.79 Å². The normalized spacial score (nSPS) is 10.5. The number of benzene rings is 2. The number of rotatable bonds is 7. The number of esters is 1. The maximum absolute atomic E-state index is 11.7. The first-order chi connectivity index (χ1) is 11.6. The fourth-order valence-corrected chi connectivity index (χ4v) is 2.79. The summed E-state index contributed by atoms with van der Waals surface area (Å²) in [6.45, 7) is 6.30. The lowest BCUT2D eigenvalue weighted by atomic mass is 10.1. The monoisotopic (exact) mass is 344 g/mol. The molecule has 0 aromatic heterocycles. The van der Waals surface area contributed by atoms with E-state index < -0.39 is 0 Å². The molecule has 0 saturated carbocycles. The summed E-state index contributed by atoms with van der Waals surface area (Å²) in [6, 6.07) is 11.8. The van der Waals surface area contributed by atoms with Gasteiger partial charge in [-0.25, -0.2) is 0 Å². The smallest absolute Gasteiger partial charge is 0.310 e. The fraction of sp³-hybridized carbons (Fsp3) is 0.350. The third-order valence-corrected chi connectivity index (χ3v) is 4.22. The van der Waals surface area contributed by atoms with Crippen LogP contribution in [0, 0.1) is 6.92 Å². The second-order valence-electron chi connectivity index (χ2n) is 5.63. The molecule has 0 saturated heterocycles. The molecule has 0 spiro atoms. The van der Waals surface area contributed by atoms with E-state index in [1.54, 1.807) is 13.0 Å². The van der Waals surface area contributed by atoms with Crippen LogP contribution in [-0.4, -0.2) is 5.97 Å². The molecule has 0 amide bonds. The van der Waals surface area contributed by atoms with Crippen molar-refractivity contribution in [3.63, 3.8) is 0 Å². The minimum Gasteiger partial charge on any atom is -0.488 e. The van der Waals surface area contributed by atoms with E-state index in [0.29, 0.717) is 24.5 Å². The third-order valence-electron chi connectivity index (χ3n) is 3.88. The second kappa shape index (κ2) is 8.78. The van der Waals surface area contributed by atoms with Crippen molar-refractivity contribution in [3.8, 4) is 11.5 Å². The Hall–Kier alpha value is -1.94. The second-order valence-corrected chi connectivity index (χ2v) is 5.95. The number of hydrogen-bond donors (Lipinski definition) is 1. The summed E-state index contributed by atoms with van der Waals surface area (Å²) < 4.78 is 11.5. The standard InChI is InChI=1S/C20H24O3S/c1-4-15-11-14(3)9-10-18(15)22-12-17-16(13-24)7-6-8-19(17)23-20(21)5-2/h6-11,24H,4-5,12-13H2,1-3H3. The summed E-state index contributed by atoms with van der Waals surface area (Å²) in [6.07, 6.45) is 1.24. The summed E-state index contributed by atoms with van der Waals surface area (Å²) in [7, 11) is 0. The molecule has 0 radical (unpaired) electrons. The van der Waals surface area contributed by atoms with Crippen molar-refractivity contribution >= 4 is 18.6 Å². The van der Waals surface area contributed by atoms with Crippen molar-refractivity contribution in [2.24, 2.45) is 0 Å². The lowest BCUT2D eigenvalue weighted by Crippen LogP contribution is -2.10. The summed E-state index contributed by atoms with van der Waals surface area (Å²) in [4.78, 5) is 11.7. The Morgan fingerprint density at radius 2 is 1.88 bits per heavy atom. The maximum Gasteiger partial charge on any atom is 0.310 e. The van der Waals surface area contributed by atoms with Gasteiger partial charge in [0.15, 0.2) is 0 Å². The SMILES string of the molecule is CCC(=O)Oc1cccc(CS)c1COc1ccc(C)cc1CC. The zero-order valence-corrected chi connectivity index (χ0v) is 15.4. The summed E-state index contributed by atoms with van der Waals surface area (Å²) in [5.41, 5.74) is 4.26. The molecule has 128 valence electrons. The number of ether oxygens (including phenoxy) is 2. The van der Waals surface area contributed by atoms with Crippen LogP contribution in [0.25, 0.3) is 0 Å². The highest BCUT2D eigenvalue weighted by atomic mass is 32.1. The predicted molar refractivity (Wildman–Crippen MR) is 99.9 cm³/mol. The van der Waals surface area contributed by atoms with Crippen molar-refractivity contribution in [1.82, 2.24) is 0 Å². The largest absolute Gasteiger partial charge is 0.488 e. The fourth-order valence-electron chi connectivity index (χ4n) is 2.49. The van der Waals surface area contributed by atoms with Gasteiger partial charge in [0.25, 0.3) is 0 Å². The van der Waals surface area contributed by atoms with Crippen molar-refractivity contribution in [3.05, 3.63) is 58.7 Å². The van der Waals surface area contributed by atoms with Crippen LogP contribution in [0.3, 0.4) is 0 Å².